The molecular weight excluding hydrogens is 250 g/mol. The van der Waals surface area contributed by atoms with Gasteiger partial charge in [-0.1, -0.05) is 41.7 Å². The van der Waals surface area contributed by atoms with Crippen LogP contribution in [0.5, 0.6) is 0 Å². The Morgan fingerprint density at radius 3 is 2.76 bits per heavy atom. The van der Waals surface area contributed by atoms with Crippen LogP contribution in [0.15, 0.2) is 30.3 Å². The van der Waals surface area contributed by atoms with Crippen LogP contribution in [0.2, 0.25) is 0 Å². The maximum Gasteiger partial charge on any atom is 0.138 e. The van der Waals surface area contributed by atoms with Crippen LogP contribution >= 0.6 is 23.1 Å². The highest BCUT2D eigenvalue weighted by atomic mass is 32.2. The largest absolute Gasteiger partial charge is 0.318 e. The second-order valence-corrected chi connectivity index (χ2v) is 5.74. The number of hydrogen-bond donors (Lipinski definition) is 1. The fourth-order valence-corrected chi connectivity index (χ4v) is 2.88. The van der Waals surface area contributed by atoms with Gasteiger partial charge in [0, 0.05) is 6.42 Å². The Morgan fingerprint density at radius 1 is 1.29 bits per heavy atom. The van der Waals surface area contributed by atoms with Gasteiger partial charge in [-0.15, -0.1) is 10.2 Å². The number of thioether (sulfide) groups is 1. The fourth-order valence-electron chi connectivity index (χ4n) is 1.49. The first-order chi connectivity index (χ1) is 8.31. The molecule has 1 aromatic carbocycles. The van der Waals surface area contributed by atoms with Crippen LogP contribution in [-0.4, -0.2) is 22.2 Å². The Balaban J connectivity index is 2.09. The van der Waals surface area contributed by atoms with Crippen LogP contribution in [0.3, 0.4) is 0 Å². The molecule has 0 radical (unpaired) electrons. The molecule has 0 spiro atoms. The summed E-state index contributed by atoms with van der Waals surface area (Å²) in [5, 5.41) is 10.3. The van der Waals surface area contributed by atoms with Crippen molar-refractivity contribution in [1.29, 1.82) is 0 Å². The number of aryl methyl sites for hydroxylation is 1. The summed E-state index contributed by atoms with van der Waals surface area (Å²) in [7, 11) is 0. The van der Waals surface area contributed by atoms with Crippen molar-refractivity contribution >= 4 is 23.1 Å². The van der Waals surface area contributed by atoms with Crippen molar-refractivity contribution in [2.24, 2.45) is 5.73 Å². The average Bonchev–Trinajstić information content (AvgIpc) is 2.85. The van der Waals surface area contributed by atoms with Gasteiger partial charge in [-0.25, -0.2) is 0 Å². The zero-order valence-corrected chi connectivity index (χ0v) is 11.3. The van der Waals surface area contributed by atoms with E-state index in [1.165, 1.54) is 0 Å². The molecule has 0 aliphatic heterocycles. The van der Waals surface area contributed by atoms with Crippen molar-refractivity contribution < 1.29 is 0 Å². The van der Waals surface area contributed by atoms with E-state index in [9.17, 15) is 0 Å². The number of nitrogens with zero attached hydrogens (tertiary/aromatic N) is 2. The Labute approximate surface area is 109 Å². The second-order valence-electron chi connectivity index (χ2n) is 3.67. The predicted octanol–water partition coefficient (Wildman–Crippen LogP) is 2.49. The van der Waals surface area contributed by atoms with Crippen molar-refractivity contribution in [3.05, 3.63) is 45.9 Å². The van der Waals surface area contributed by atoms with E-state index in [1.807, 2.05) is 42.1 Å². The Hall–Kier alpha value is -0.910. The molecule has 1 aromatic heterocycles. The van der Waals surface area contributed by atoms with Crippen LogP contribution in [-0.2, 0) is 6.42 Å². The van der Waals surface area contributed by atoms with Crippen molar-refractivity contribution in [2.75, 3.05) is 12.0 Å². The van der Waals surface area contributed by atoms with Crippen LogP contribution in [0.25, 0.3) is 0 Å². The van der Waals surface area contributed by atoms with E-state index in [-0.39, 0.29) is 6.04 Å². The number of nitrogens with two attached hydrogens (primary N) is 1. The molecule has 1 heterocycles. The molecule has 0 fully saturated rings. The number of rotatable bonds is 5. The zero-order valence-electron chi connectivity index (χ0n) is 9.67. The highest BCUT2D eigenvalue weighted by Gasteiger charge is 2.13. The van der Waals surface area contributed by atoms with Crippen molar-refractivity contribution in [3.63, 3.8) is 0 Å². The van der Waals surface area contributed by atoms with Gasteiger partial charge in [-0.2, -0.15) is 11.8 Å². The van der Waals surface area contributed by atoms with Gasteiger partial charge in [-0.05, 0) is 17.6 Å². The summed E-state index contributed by atoms with van der Waals surface area (Å²) in [5.74, 6) is 1.08. The fraction of sp³-hybridized carbons (Fsp3) is 0.333. The molecule has 2 aromatic rings. The minimum Gasteiger partial charge on any atom is -0.318 e. The van der Waals surface area contributed by atoms with E-state index >= 15 is 0 Å². The summed E-state index contributed by atoms with van der Waals surface area (Å²) in [6.07, 6.45) is 3.07. The third kappa shape index (κ3) is 3.28. The van der Waals surface area contributed by atoms with Crippen LogP contribution < -0.4 is 5.73 Å². The molecule has 0 aliphatic rings. The van der Waals surface area contributed by atoms with E-state index < -0.39 is 0 Å². The van der Waals surface area contributed by atoms with Crippen LogP contribution in [0.1, 0.15) is 21.6 Å². The Kier molecular flexibility index (Phi) is 4.53. The smallest absolute Gasteiger partial charge is 0.138 e. The molecule has 2 rings (SSSR count). The summed E-state index contributed by atoms with van der Waals surface area (Å²) in [4.78, 5) is 0. The minimum absolute atomic E-state index is 0.156. The van der Waals surface area contributed by atoms with Crippen molar-refractivity contribution in [1.82, 2.24) is 10.2 Å². The van der Waals surface area contributed by atoms with Crippen molar-refractivity contribution in [2.45, 2.75) is 12.5 Å². The molecular formula is C12H15N3S2. The summed E-state index contributed by atoms with van der Waals surface area (Å²) in [6.45, 7) is 0. The first-order valence-electron chi connectivity index (χ1n) is 5.43. The normalized spacial score (nSPS) is 12.6. The van der Waals surface area contributed by atoms with E-state index in [0.29, 0.717) is 0 Å². The first-order valence-corrected chi connectivity index (χ1v) is 7.64. The molecule has 5 heteroatoms. The van der Waals surface area contributed by atoms with Crippen molar-refractivity contribution in [3.8, 4) is 0 Å². The molecule has 1 unspecified atom stereocenters. The van der Waals surface area contributed by atoms with Gasteiger partial charge in [0.25, 0.3) is 0 Å². The molecule has 0 amide bonds. The molecule has 1 atom stereocenters. The maximum atomic E-state index is 6.16. The molecule has 0 aliphatic carbocycles. The predicted molar refractivity (Wildman–Crippen MR) is 74.5 cm³/mol. The highest BCUT2D eigenvalue weighted by molar-refractivity contribution is 7.98. The van der Waals surface area contributed by atoms with Gasteiger partial charge < -0.3 is 5.73 Å². The third-order valence-corrected chi connectivity index (χ3v) is 4.11. The highest BCUT2D eigenvalue weighted by Crippen LogP contribution is 2.23. The lowest BCUT2D eigenvalue weighted by Gasteiger charge is -2.06. The second kappa shape index (κ2) is 6.14. The summed E-state index contributed by atoms with van der Waals surface area (Å²) in [6, 6.07) is 9.86. The van der Waals surface area contributed by atoms with E-state index in [4.69, 9.17) is 5.73 Å². The maximum absolute atomic E-state index is 6.16. The third-order valence-electron chi connectivity index (χ3n) is 2.43. The number of benzene rings is 1. The lowest BCUT2D eigenvalue weighted by Crippen LogP contribution is -2.11. The Bertz CT molecular complexity index is 456. The topological polar surface area (TPSA) is 51.8 Å². The number of aromatic nitrogens is 2. The standard InChI is InChI=1S/C12H15N3S2/c1-16-8-7-10-14-15-12(17-10)11(13)9-5-3-2-4-6-9/h2-6,11H,7-8,13H2,1H3. The van der Waals surface area contributed by atoms with E-state index in [2.05, 4.69) is 16.5 Å². The van der Waals surface area contributed by atoms with Crippen LogP contribution in [0.4, 0.5) is 0 Å². The number of hydrogen-bond acceptors (Lipinski definition) is 5. The lowest BCUT2D eigenvalue weighted by atomic mass is 10.1. The molecule has 0 saturated heterocycles. The average molecular weight is 265 g/mol. The quantitative estimate of drug-likeness (QED) is 0.902. The SMILES string of the molecule is CSCCc1nnc(C(N)c2ccccc2)s1. The molecule has 0 saturated carbocycles. The summed E-state index contributed by atoms with van der Waals surface area (Å²) in [5.41, 5.74) is 7.24. The molecule has 2 N–H and O–H groups in total. The first kappa shape index (κ1) is 12.5. The van der Waals surface area contributed by atoms with Gasteiger partial charge in [0.2, 0.25) is 0 Å². The molecule has 3 nitrogen and oxygen atoms in total. The molecule has 90 valence electrons. The minimum atomic E-state index is -0.156. The van der Waals surface area contributed by atoms with Gasteiger partial charge >= 0.3 is 0 Å². The van der Waals surface area contributed by atoms with Gasteiger partial charge in [0.1, 0.15) is 10.0 Å². The van der Waals surface area contributed by atoms with Gasteiger partial charge in [-0.3, -0.25) is 0 Å². The molecule has 17 heavy (non-hydrogen) atoms. The Morgan fingerprint density at radius 2 is 2.06 bits per heavy atom. The lowest BCUT2D eigenvalue weighted by molar-refractivity contribution is 0.823. The summed E-state index contributed by atoms with van der Waals surface area (Å²) >= 11 is 3.43. The van der Waals surface area contributed by atoms with Gasteiger partial charge in [0.05, 0.1) is 6.04 Å². The molecule has 0 bridgehead atoms. The van der Waals surface area contributed by atoms with E-state index in [0.717, 1.165) is 27.8 Å². The van der Waals surface area contributed by atoms with Gasteiger partial charge in [0.15, 0.2) is 0 Å². The van der Waals surface area contributed by atoms with E-state index in [1.54, 1.807) is 11.3 Å². The van der Waals surface area contributed by atoms with Crippen LogP contribution in [0, 0.1) is 0 Å². The monoisotopic (exact) mass is 265 g/mol. The summed E-state index contributed by atoms with van der Waals surface area (Å²) < 4.78 is 0. The zero-order chi connectivity index (χ0) is 12.1.